The van der Waals surface area contributed by atoms with Crippen LogP contribution >= 0.6 is 22.9 Å². The fraction of sp³-hybridized carbons (Fsp3) is 0.455. The molecule has 0 aliphatic carbocycles. The highest BCUT2D eigenvalue weighted by Crippen LogP contribution is 2.29. The van der Waals surface area contributed by atoms with Gasteiger partial charge in [0.15, 0.2) is 0 Å². The number of thiophene rings is 1. The van der Waals surface area contributed by atoms with Gasteiger partial charge in [-0.25, -0.2) is 0 Å². The van der Waals surface area contributed by atoms with Gasteiger partial charge < -0.3 is 10.6 Å². The van der Waals surface area contributed by atoms with E-state index in [1.54, 1.807) is 42.5 Å². The molecule has 7 heteroatoms. The maximum absolute atomic E-state index is 12.6. The highest BCUT2D eigenvalue weighted by atomic mass is 35.5. The van der Waals surface area contributed by atoms with Crippen LogP contribution < -0.4 is 10.6 Å². The van der Waals surface area contributed by atoms with Crippen molar-refractivity contribution >= 4 is 34.8 Å². The fourth-order valence-electron chi connectivity index (χ4n) is 3.57. The number of nitrogens with zero attached hydrogens (tertiary/aromatic N) is 1. The molecule has 0 bridgehead atoms. The van der Waals surface area contributed by atoms with Gasteiger partial charge in [-0.2, -0.15) is 0 Å². The van der Waals surface area contributed by atoms with Crippen molar-refractivity contribution in [1.82, 2.24) is 15.5 Å². The number of carbonyl (C=O) groups excluding carboxylic acids is 2. The molecular weight excluding hydrogens is 406 g/mol. The molecule has 1 aromatic heterocycles. The summed E-state index contributed by atoms with van der Waals surface area (Å²) in [5.41, 5.74) is 0.368. The van der Waals surface area contributed by atoms with E-state index >= 15 is 0 Å². The van der Waals surface area contributed by atoms with Crippen molar-refractivity contribution in [2.75, 3.05) is 19.6 Å². The second kappa shape index (κ2) is 10.2. The van der Waals surface area contributed by atoms with Crippen molar-refractivity contribution < 1.29 is 9.59 Å². The Labute approximate surface area is 181 Å². The Morgan fingerprint density at radius 3 is 2.59 bits per heavy atom. The summed E-state index contributed by atoms with van der Waals surface area (Å²) in [5, 5.41) is 8.21. The molecule has 2 amide bonds. The quantitative estimate of drug-likeness (QED) is 0.690. The van der Waals surface area contributed by atoms with Crippen LogP contribution in [0.2, 0.25) is 5.02 Å². The molecule has 2 heterocycles. The van der Waals surface area contributed by atoms with Crippen LogP contribution in [-0.2, 0) is 4.79 Å². The van der Waals surface area contributed by atoms with E-state index in [1.807, 2.05) is 6.07 Å². The molecule has 1 aliphatic rings. The summed E-state index contributed by atoms with van der Waals surface area (Å²) in [4.78, 5) is 28.7. The van der Waals surface area contributed by atoms with Crippen molar-refractivity contribution in [2.45, 2.75) is 38.8 Å². The molecular formula is C22H28ClN3O2S. The molecule has 1 aromatic carbocycles. The number of carbonyl (C=O) groups is 2. The number of piperidine rings is 1. The van der Waals surface area contributed by atoms with Gasteiger partial charge in [-0.3, -0.25) is 14.5 Å². The Morgan fingerprint density at radius 2 is 1.93 bits per heavy atom. The molecule has 1 saturated heterocycles. The molecule has 2 N–H and O–H groups in total. The molecule has 2 atom stereocenters. The molecule has 0 radical (unpaired) electrons. The van der Waals surface area contributed by atoms with Gasteiger partial charge in [0.1, 0.15) is 6.04 Å². The number of halogens is 1. The zero-order chi connectivity index (χ0) is 20.8. The Balaban J connectivity index is 1.58. The molecule has 2 unspecified atom stereocenters. The van der Waals surface area contributed by atoms with Gasteiger partial charge in [-0.1, -0.05) is 36.7 Å². The molecule has 1 aliphatic heterocycles. The molecule has 1 fully saturated rings. The minimum atomic E-state index is -0.649. The van der Waals surface area contributed by atoms with Crippen LogP contribution in [0.1, 0.15) is 48.0 Å². The SMILES string of the molecule is CC1CCN(C(CNC(=O)C(C)NC(=O)c2ccccc2Cl)c2cccs2)CC1. The van der Waals surface area contributed by atoms with Crippen LogP contribution in [0.3, 0.4) is 0 Å². The summed E-state index contributed by atoms with van der Waals surface area (Å²) in [6, 6.07) is 10.5. The lowest BCUT2D eigenvalue weighted by Crippen LogP contribution is -2.48. The summed E-state index contributed by atoms with van der Waals surface area (Å²) >= 11 is 7.79. The third-order valence-corrected chi connectivity index (χ3v) is 6.76. The van der Waals surface area contributed by atoms with Crippen molar-refractivity contribution in [1.29, 1.82) is 0 Å². The largest absolute Gasteiger partial charge is 0.352 e. The van der Waals surface area contributed by atoms with Crippen molar-refractivity contribution in [2.24, 2.45) is 5.92 Å². The minimum absolute atomic E-state index is 0.165. The van der Waals surface area contributed by atoms with Crippen LogP contribution in [-0.4, -0.2) is 42.4 Å². The first-order valence-corrected chi connectivity index (χ1v) is 11.3. The van der Waals surface area contributed by atoms with Crippen LogP contribution in [0, 0.1) is 5.92 Å². The topological polar surface area (TPSA) is 61.4 Å². The zero-order valence-corrected chi connectivity index (χ0v) is 18.4. The zero-order valence-electron chi connectivity index (χ0n) is 16.9. The monoisotopic (exact) mass is 433 g/mol. The third kappa shape index (κ3) is 5.81. The number of amides is 2. The summed E-state index contributed by atoms with van der Waals surface area (Å²) in [6.45, 7) is 6.59. The number of likely N-dealkylation sites (tertiary alicyclic amines) is 1. The van der Waals surface area contributed by atoms with Gasteiger partial charge in [0.2, 0.25) is 5.91 Å². The molecule has 156 valence electrons. The highest BCUT2D eigenvalue weighted by molar-refractivity contribution is 7.10. The number of rotatable bonds is 7. The van der Waals surface area contributed by atoms with Crippen LogP contribution in [0.5, 0.6) is 0 Å². The average Bonchev–Trinajstić information content (AvgIpc) is 3.24. The lowest BCUT2D eigenvalue weighted by atomic mass is 9.97. The second-order valence-electron chi connectivity index (χ2n) is 7.67. The maximum atomic E-state index is 12.6. The predicted molar refractivity (Wildman–Crippen MR) is 118 cm³/mol. The standard InChI is InChI=1S/C22H28ClN3O2S/c1-15-9-11-26(12-10-15)19(20-8-5-13-29-20)14-24-21(27)16(2)25-22(28)17-6-3-4-7-18(17)23/h3-8,13,15-16,19H,9-12,14H2,1-2H3,(H,24,27)(H,25,28). The van der Waals surface area contributed by atoms with Crippen molar-refractivity contribution in [3.8, 4) is 0 Å². The summed E-state index contributed by atoms with van der Waals surface area (Å²) in [5.74, 6) is 0.209. The van der Waals surface area contributed by atoms with E-state index in [9.17, 15) is 9.59 Å². The Morgan fingerprint density at radius 1 is 1.21 bits per heavy atom. The Bertz CT molecular complexity index is 819. The van der Waals surface area contributed by atoms with Gasteiger partial charge in [0.25, 0.3) is 5.91 Å². The van der Waals surface area contributed by atoms with Gasteiger partial charge >= 0.3 is 0 Å². The fourth-order valence-corrected chi connectivity index (χ4v) is 4.65. The average molecular weight is 434 g/mol. The van der Waals surface area contributed by atoms with Crippen LogP contribution in [0.4, 0.5) is 0 Å². The van der Waals surface area contributed by atoms with Gasteiger partial charge in [0.05, 0.1) is 16.6 Å². The highest BCUT2D eigenvalue weighted by Gasteiger charge is 2.26. The first-order valence-electron chi connectivity index (χ1n) is 10.1. The van der Waals surface area contributed by atoms with Crippen LogP contribution in [0.25, 0.3) is 0 Å². The van der Waals surface area contributed by atoms with E-state index in [0.717, 1.165) is 19.0 Å². The van der Waals surface area contributed by atoms with Crippen molar-refractivity contribution in [3.63, 3.8) is 0 Å². The predicted octanol–water partition coefficient (Wildman–Crippen LogP) is 4.11. The Kier molecular flexibility index (Phi) is 7.70. The first kappa shape index (κ1) is 21.8. The lowest BCUT2D eigenvalue weighted by Gasteiger charge is -2.36. The third-order valence-electron chi connectivity index (χ3n) is 5.46. The first-order chi connectivity index (χ1) is 14.0. The molecule has 2 aromatic rings. The van der Waals surface area contributed by atoms with E-state index in [2.05, 4.69) is 33.9 Å². The smallest absolute Gasteiger partial charge is 0.253 e. The van der Waals surface area contributed by atoms with Crippen LogP contribution in [0.15, 0.2) is 41.8 Å². The lowest BCUT2D eigenvalue weighted by molar-refractivity contribution is -0.122. The second-order valence-corrected chi connectivity index (χ2v) is 9.06. The molecule has 3 rings (SSSR count). The molecule has 0 saturated carbocycles. The number of benzene rings is 1. The maximum Gasteiger partial charge on any atom is 0.253 e. The van der Waals surface area contributed by atoms with E-state index in [-0.39, 0.29) is 17.9 Å². The van der Waals surface area contributed by atoms with E-state index < -0.39 is 6.04 Å². The Hall–Kier alpha value is -1.89. The number of hydrogen-bond donors (Lipinski definition) is 2. The number of hydrogen-bond acceptors (Lipinski definition) is 4. The summed E-state index contributed by atoms with van der Waals surface area (Å²) in [6.07, 6.45) is 2.36. The minimum Gasteiger partial charge on any atom is -0.352 e. The molecule has 29 heavy (non-hydrogen) atoms. The van der Waals surface area contributed by atoms with Gasteiger partial charge in [-0.15, -0.1) is 11.3 Å². The molecule has 5 nitrogen and oxygen atoms in total. The summed E-state index contributed by atoms with van der Waals surface area (Å²) < 4.78 is 0. The van der Waals surface area contributed by atoms with Crippen molar-refractivity contribution in [3.05, 3.63) is 57.2 Å². The molecule has 0 spiro atoms. The normalized spacial score (nSPS) is 17.5. The van der Waals surface area contributed by atoms with E-state index in [4.69, 9.17) is 11.6 Å². The van der Waals surface area contributed by atoms with E-state index in [1.165, 1.54) is 17.7 Å². The van der Waals surface area contributed by atoms with Gasteiger partial charge in [0, 0.05) is 11.4 Å². The number of nitrogens with one attached hydrogen (secondary N) is 2. The van der Waals surface area contributed by atoms with E-state index in [0.29, 0.717) is 17.1 Å². The summed E-state index contributed by atoms with van der Waals surface area (Å²) in [7, 11) is 0. The van der Waals surface area contributed by atoms with Gasteiger partial charge in [-0.05, 0) is 62.4 Å².